The van der Waals surface area contributed by atoms with Gasteiger partial charge in [-0.15, -0.1) is 0 Å². The summed E-state index contributed by atoms with van der Waals surface area (Å²) in [6, 6.07) is 8.83. The molecule has 6 nitrogen and oxygen atoms in total. The number of nitrogens with zero attached hydrogens (tertiary/aromatic N) is 1. The Morgan fingerprint density at radius 2 is 1.94 bits per heavy atom. The van der Waals surface area contributed by atoms with Crippen molar-refractivity contribution in [2.75, 3.05) is 7.11 Å². The number of benzene rings is 2. The van der Waals surface area contributed by atoms with Gasteiger partial charge < -0.3 is 19.7 Å². The molecule has 3 aromatic rings. The minimum atomic E-state index is -4.47. The molecular weight excluding hydrogens is 437 g/mol. The van der Waals surface area contributed by atoms with Crippen LogP contribution in [0.3, 0.4) is 0 Å². The molecule has 0 saturated heterocycles. The van der Waals surface area contributed by atoms with Gasteiger partial charge in [0, 0.05) is 12.0 Å². The van der Waals surface area contributed by atoms with Crippen molar-refractivity contribution >= 4 is 17.5 Å². The van der Waals surface area contributed by atoms with E-state index >= 15 is 0 Å². The third-order valence-electron chi connectivity index (χ3n) is 5.12. The number of carbonyl (C=O) groups excluding carboxylic acids is 1. The van der Waals surface area contributed by atoms with Crippen molar-refractivity contribution in [3.05, 3.63) is 69.9 Å². The van der Waals surface area contributed by atoms with Crippen molar-refractivity contribution in [3.8, 4) is 17.1 Å². The van der Waals surface area contributed by atoms with Crippen molar-refractivity contribution in [3.63, 3.8) is 0 Å². The van der Waals surface area contributed by atoms with Crippen LogP contribution in [0.5, 0.6) is 5.75 Å². The summed E-state index contributed by atoms with van der Waals surface area (Å²) in [4.78, 5) is 12.7. The van der Waals surface area contributed by atoms with Gasteiger partial charge in [-0.05, 0) is 35.4 Å². The van der Waals surface area contributed by atoms with E-state index in [0.29, 0.717) is 16.9 Å². The first-order valence-corrected chi connectivity index (χ1v) is 9.56. The second-order valence-electron chi connectivity index (χ2n) is 7.02. The summed E-state index contributed by atoms with van der Waals surface area (Å²) in [5.41, 5.74) is 0.614. The first kappa shape index (κ1) is 21.2. The number of hydrogen-bond donors (Lipinski definition) is 2. The quantitative estimate of drug-likeness (QED) is 0.586. The molecule has 2 aromatic carbocycles. The average molecular weight is 453 g/mol. The Hall–Kier alpha value is -3.04. The van der Waals surface area contributed by atoms with Crippen molar-refractivity contribution in [2.45, 2.75) is 24.7 Å². The first-order chi connectivity index (χ1) is 14.7. The number of amides is 1. The largest absolute Gasteiger partial charge is 0.497 e. The van der Waals surface area contributed by atoms with Crippen molar-refractivity contribution < 1.29 is 32.3 Å². The van der Waals surface area contributed by atoms with Crippen LogP contribution < -0.4 is 10.1 Å². The summed E-state index contributed by atoms with van der Waals surface area (Å²) in [7, 11) is 1.51. The third kappa shape index (κ3) is 3.98. The van der Waals surface area contributed by atoms with E-state index in [0.717, 1.165) is 12.1 Å². The van der Waals surface area contributed by atoms with Gasteiger partial charge in [-0.25, -0.2) is 0 Å². The lowest BCUT2D eigenvalue weighted by Crippen LogP contribution is -2.27. The molecule has 1 aliphatic carbocycles. The van der Waals surface area contributed by atoms with Crippen molar-refractivity contribution in [1.82, 2.24) is 10.5 Å². The van der Waals surface area contributed by atoms with E-state index in [1.54, 1.807) is 18.2 Å². The normalized spacial score (nSPS) is 18.0. The molecule has 2 N–H and O–H groups in total. The number of hydrogen-bond acceptors (Lipinski definition) is 5. The third-order valence-corrected chi connectivity index (χ3v) is 5.47. The highest BCUT2D eigenvalue weighted by molar-refractivity contribution is 6.35. The van der Waals surface area contributed by atoms with Gasteiger partial charge in [0.05, 0.1) is 24.8 Å². The zero-order chi connectivity index (χ0) is 22.3. The van der Waals surface area contributed by atoms with Crippen molar-refractivity contribution in [2.24, 2.45) is 0 Å². The number of alkyl halides is 3. The molecule has 0 unspecified atom stereocenters. The van der Waals surface area contributed by atoms with Crippen LogP contribution in [-0.4, -0.2) is 23.3 Å². The number of aliphatic hydroxyl groups is 1. The smallest absolute Gasteiger partial charge is 0.416 e. The maximum absolute atomic E-state index is 12.7. The number of rotatable bonds is 4. The Kier molecular flexibility index (Phi) is 5.40. The van der Waals surface area contributed by atoms with E-state index in [-0.39, 0.29) is 28.5 Å². The molecule has 0 fully saturated rings. The maximum atomic E-state index is 12.7. The summed E-state index contributed by atoms with van der Waals surface area (Å²) in [5, 5.41) is 16.6. The number of fused-ring (bicyclic) bond motifs is 1. The predicted octanol–water partition coefficient (Wildman–Crippen LogP) is 4.93. The zero-order valence-electron chi connectivity index (χ0n) is 16.0. The van der Waals surface area contributed by atoms with Crippen LogP contribution in [-0.2, 0) is 6.18 Å². The molecule has 2 atom stereocenters. The summed E-state index contributed by atoms with van der Waals surface area (Å²) in [6.07, 6.45) is -4.96. The van der Waals surface area contributed by atoms with Crippen LogP contribution in [0.4, 0.5) is 13.2 Å². The molecule has 4 rings (SSSR count). The fraction of sp³-hybridized carbons (Fsp3) is 0.238. The molecule has 31 heavy (non-hydrogen) atoms. The predicted molar refractivity (Wildman–Crippen MR) is 105 cm³/mol. The lowest BCUT2D eigenvalue weighted by molar-refractivity contribution is -0.137. The lowest BCUT2D eigenvalue weighted by Gasteiger charge is -2.13. The fourth-order valence-electron chi connectivity index (χ4n) is 3.54. The van der Waals surface area contributed by atoms with E-state index < -0.39 is 29.8 Å². The van der Waals surface area contributed by atoms with Gasteiger partial charge in [0.1, 0.15) is 10.8 Å². The Bertz CT molecular complexity index is 1130. The minimum Gasteiger partial charge on any atom is -0.497 e. The highest BCUT2D eigenvalue weighted by Crippen LogP contribution is 2.41. The Labute approximate surface area is 179 Å². The zero-order valence-corrected chi connectivity index (χ0v) is 16.8. The van der Waals surface area contributed by atoms with Crippen LogP contribution in [0.2, 0.25) is 5.02 Å². The lowest BCUT2D eigenvalue weighted by atomic mass is 10.1. The molecule has 162 valence electrons. The Morgan fingerprint density at radius 3 is 2.58 bits per heavy atom. The van der Waals surface area contributed by atoms with Crippen LogP contribution in [0.1, 0.15) is 45.7 Å². The molecule has 1 amide bonds. The van der Waals surface area contributed by atoms with Gasteiger partial charge in [-0.1, -0.05) is 35.0 Å². The number of ether oxygens (including phenoxy) is 1. The topological polar surface area (TPSA) is 84.6 Å². The standard InChI is InChI=1S/C21H16ClF3N2O4/c1-30-12-6-7-13-14(8-12)15(9-16(13)28)26-20(29)18-17(22)19(31-27-18)10-2-4-11(5-3-10)21(23,24)25/h2-8,15-16,28H,9H2,1H3,(H,26,29)/t15-,16-/m1/s1. The van der Waals surface area contributed by atoms with Gasteiger partial charge in [-0.2, -0.15) is 13.2 Å². The highest BCUT2D eigenvalue weighted by Gasteiger charge is 2.33. The van der Waals surface area contributed by atoms with Crippen LogP contribution in [0.25, 0.3) is 11.3 Å². The molecule has 1 aliphatic rings. The van der Waals surface area contributed by atoms with Crippen LogP contribution in [0.15, 0.2) is 47.0 Å². The number of aliphatic hydroxyl groups excluding tert-OH is 1. The van der Waals surface area contributed by atoms with Gasteiger partial charge in [-0.3, -0.25) is 4.79 Å². The molecule has 0 aliphatic heterocycles. The van der Waals surface area contributed by atoms with E-state index in [9.17, 15) is 23.1 Å². The van der Waals surface area contributed by atoms with Crippen LogP contribution in [0, 0.1) is 0 Å². The van der Waals surface area contributed by atoms with E-state index in [4.69, 9.17) is 20.9 Å². The van der Waals surface area contributed by atoms with E-state index in [1.165, 1.54) is 19.2 Å². The molecule has 0 saturated carbocycles. The second-order valence-corrected chi connectivity index (χ2v) is 7.40. The van der Waals surface area contributed by atoms with E-state index in [1.807, 2.05) is 0 Å². The number of methoxy groups -OCH3 is 1. The molecule has 0 bridgehead atoms. The number of aromatic nitrogens is 1. The molecule has 0 spiro atoms. The summed E-state index contributed by atoms with van der Waals surface area (Å²) in [6.45, 7) is 0. The van der Waals surface area contributed by atoms with Crippen molar-refractivity contribution in [1.29, 1.82) is 0 Å². The Morgan fingerprint density at radius 1 is 1.23 bits per heavy atom. The summed E-state index contributed by atoms with van der Waals surface area (Å²) in [5.74, 6) is -0.0787. The summed E-state index contributed by atoms with van der Waals surface area (Å²) < 4.78 is 48.6. The van der Waals surface area contributed by atoms with Gasteiger partial charge in [0.2, 0.25) is 0 Å². The number of carbonyl (C=O) groups is 1. The molecule has 1 heterocycles. The molecule has 0 radical (unpaired) electrons. The maximum Gasteiger partial charge on any atom is 0.416 e. The molecule has 10 heteroatoms. The van der Waals surface area contributed by atoms with Gasteiger partial charge in [0.25, 0.3) is 5.91 Å². The average Bonchev–Trinajstić information content (AvgIpc) is 3.27. The molecular formula is C21H16ClF3N2O4. The van der Waals surface area contributed by atoms with E-state index in [2.05, 4.69) is 10.5 Å². The van der Waals surface area contributed by atoms with Gasteiger partial charge >= 0.3 is 6.18 Å². The summed E-state index contributed by atoms with van der Waals surface area (Å²) >= 11 is 6.24. The minimum absolute atomic E-state index is 0.0194. The number of halogens is 4. The monoisotopic (exact) mass is 452 g/mol. The SMILES string of the molecule is COc1ccc2c(c1)[C@H](NC(=O)c1noc(-c3ccc(C(F)(F)F)cc3)c1Cl)C[C@H]2O. The fourth-order valence-corrected chi connectivity index (χ4v) is 3.80. The molecule has 1 aromatic heterocycles. The Balaban J connectivity index is 1.56. The second kappa shape index (κ2) is 7.90. The van der Waals surface area contributed by atoms with Gasteiger partial charge in [0.15, 0.2) is 11.5 Å². The number of nitrogens with one attached hydrogen (secondary N) is 1. The first-order valence-electron chi connectivity index (χ1n) is 9.18. The van der Waals surface area contributed by atoms with Crippen LogP contribution >= 0.6 is 11.6 Å². The highest BCUT2D eigenvalue weighted by atomic mass is 35.5.